The number of fused-ring (bicyclic) bond motifs is 2. The van der Waals surface area contributed by atoms with Crippen molar-refractivity contribution in [3.63, 3.8) is 0 Å². The molecule has 2 aromatic rings. The number of benzene rings is 1. The van der Waals surface area contributed by atoms with Gasteiger partial charge in [0.25, 0.3) is 11.8 Å². The number of thioether (sulfide) groups is 1. The Kier molecular flexibility index (Phi) is 6.54. The number of halogens is 1. The van der Waals surface area contributed by atoms with Crippen LogP contribution < -0.4 is 10.6 Å². The SMILES string of the molecule is O=C(O)CN1CCC2N=C(C(=O)N[C@@H]3CCC[C@H]3NC(=O)c3cc4cc(Cl)ccc4[nH]3)SC2C1. The number of carboxylic acid groups (broad SMARTS) is 1. The number of hydrogen-bond donors (Lipinski definition) is 4. The molecule has 1 saturated heterocycles. The second-order valence-electron chi connectivity index (χ2n) is 9.08. The Labute approximate surface area is 205 Å². The Balaban J connectivity index is 1.18. The summed E-state index contributed by atoms with van der Waals surface area (Å²) in [5.74, 6) is -1.27. The summed E-state index contributed by atoms with van der Waals surface area (Å²) in [7, 11) is 0. The summed E-state index contributed by atoms with van der Waals surface area (Å²) < 4.78 is 0. The number of aromatic amines is 1. The summed E-state index contributed by atoms with van der Waals surface area (Å²) in [5.41, 5.74) is 1.30. The lowest BCUT2D eigenvalue weighted by molar-refractivity contribution is -0.138. The minimum atomic E-state index is -0.842. The number of nitrogens with zero attached hydrogens (tertiary/aromatic N) is 2. The van der Waals surface area contributed by atoms with E-state index < -0.39 is 5.97 Å². The Bertz CT molecular complexity index is 1170. The molecule has 1 saturated carbocycles. The number of aliphatic imine (C=N–C) groups is 1. The van der Waals surface area contributed by atoms with Crippen molar-refractivity contribution in [1.29, 1.82) is 0 Å². The minimum absolute atomic E-state index is 0.0121. The highest BCUT2D eigenvalue weighted by Crippen LogP contribution is 2.33. The number of amides is 2. The standard InChI is InChI=1S/C23H26ClN5O4S/c24-13-4-5-14-12(8-13)9-18(25-14)21(32)26-15-2-1-3-16(15)27-22(33)23-28-17-6-7-29(11-20(30)31)10-19(17)34-23/h4-5,8-9,15-17,19,25H,1-3,6-7,10-11H2,(H,26,32)(H,27,33)(H,30,31)/t15-,16-,17?,19?/m1/s1. The van der Waals surface area contributed by atoms with E-state index in [1.165, 1.54) is 11.8 Å². The first-order valence-corrected chi connectivity index (χ1v) is 12.7. The molecule has 5 rings (SSSR count). The zero-order valence-corrected chi connectivity index (χ0v) is 20.0. The average Bonchev–Trinajstić information content (AvgIpc) is 3.51. The van der Waals surface area contributed by atoms with Gasteiger partial charge in [-0.15, -0.1) is 0 Å². The van der Waals surface area contributed by atoms with Gasteiger partial charge < -0.3 is 20.7 Å². The van der Waals surface area contributed by atoms with E-state index in [2.05, 4.69) is 20.6 Å². The summed E-state index contributed by atoms with van der Waals surface area (Å²) >= 11 is 7.47. The van der Waals surface area contributed by atoms with Gasteiger partial charge >= 0.3 is 5.97 Å². The molecule has 3 aliphatic rings. The van der Waals surface area contributed by atoms with E-state index in [1.807, 2.05) is 11.0 Å². The average molecular weight is 504 g/mol. The van der Waals surface area contributed by atoms with Crippen molar-refractivity contribution in [1.82, 2.24) is 20.5 Å². The van der Waals surface area contributed by atoms with Gasteiger partial charge in [-0.3, -0.25) is 24.3 Å². The summed E-state index contributed by atoms with van der Waals surface area (Å²) in [6.45, 7) is 1.29. The summed E-state index contributed by atoms with van der Waals surface area (Å²) in [6, 6.07) is 6.92. The lowest BCUT2D eigenvalue weighted by atomic mass is 10.1. The van der Waals surface area contributed by atoms with Crippen LogP contribution in [0.3, 0.4) is 0 Å². The molecule has 4 N–H and O–H groups in total. The molecule has 4 atom stereocenters. The zero-order chi connectivity index (χ0) is 23.8. The van der Waals surface area contributed by atoms with Crippen LogP contribution in [0.2, 0.25) is 5.02 Å². The summed E-state index contributed by atoms with van der Waals surface area (Å²) in [6.07, 6.45) is 3.24. The molecule has 3 heterocycles. The smallest absolute Gasteiger partial charge is 0.317 e. The van der Waals surface area contributed by atoms with Crippen molar-refractivity contribution >= 4 is 57.1 Å². The second-order valence-corrected chi connectivity index (χ2v) is 10.7. The molecule has 0 bridgehead atoms. The normalized spacial score (nSPS) is 26.8. The van der Waals surface area contributed by atoms with Crippen LogP contribution in [-0.2, 0) is 9.59 Å². The molecule has 2 aliphatic heterocycles. The largest absolute Gasteiger partial charge is 0.480 e. The molecule has 2 fully saturated rings. The zero-order valence-electron chi connectivity index (χ0n) is 18.4. The Morgan fingerprint density at radius 1 is 1.15 bits per heavy atom. The fourth-order valence-corrected chi connectivity index (χ4v) is 6.48. The molecule has 1 aromatic carbocycles. The Morgan fingerprint density at radius 2 is 1.91 bits per heavy atom. The van der Waals surface area contributed by atoms with E-state index in [4.69, 9.17) is 16.7 Å². The van der Waals surface area contributed by atoms with Gasteiger partial charge in [-0.25, -0.2) is 0 Å². The van der Waals surface area contributed by atoms with Crippen molar-refractivity contribution in [3.05, 3.63) is 35.0 Å². The third-order valence-corrected chi connectivity index (χ3v) is 8.20. The molecule has 0 radical (unpaired) electrons. The van der Waals surface area contributed by atoms with Crippen molar-refractivity contribution in [2.24, 2.45) is 4.99 Å². The van der Waals surface area contributed by atoms with Crippen LogP contribution in [0.1, 0.15) is 36.2 Å². The first-order chi connectivity index (χ1) is 16.4. The van der Waals surface area contributed by atoms with E-state index in [9.17, 15) is 14.4 Å². The monoisotopic (exact) mass is 503 g/mol. The summed E-state index contributed by atoms with van der Waals surface area (Å²) in [5, 5.41) is 17.2. The van der Waals surface area contributed by atoms with Crippen molar-refractivity contribution < 1.29 is 19.5 Å². The highest BCUT2D eigenvalue weighted by atomic mass is 35.5. The van der Waals surface area contributed by atoms with E-state index in [-0.39, 0.29) is 41.7 Å². The first-order valence-electron chi connectivity index (χ1n) is 11.4. The van der Waals surface area contributed by atoms with Gasteiger partial charge in [-0.05, 0) is 49.9 Å². The molecule has 2 unspecified atom stereocenters. The number of hydrogen-bond acceptors (Lipinski definition) is 6. The molecule has 9 nitrogen and oxygen atoms in total. The van der Waals surface area contributed by atoms with E-state index in [0.717, 1.165) is 36.6 Å². The second kappa shape index (κ2) is 9.59. The fraction of sp³-hybridized carbons (Fsp3) is 0.478. The van der Waals surface area contributed by atoms with Crippen LogP contribution in [0.15, 0.2) is 29.3 Å². The van der Waals surface area contributed by atoms with E-state index in [0.29, 0.717) is 28.8 Å². The predicted octanol–water partition coefficient (Wildman–Crippen LogP) is 2.26. The van der Waals surface area contributed by atoms with Gasteiger partial charge in [0.15, 0.2) is 5.04 Å². The number of carboxylic acids is 1. The van der Waals surface area contributed by atoms with Gasteiger partial charge in [-0.2, -0.15) is 0 Å². The van der Waals surface area contributed by atoms with Crippen LogP contribution in [0.5, 0.6) is 0 Å². The number of aliphatic carboxylic acids is 1. The van der Waals surface area contributed by atoms with Gasteiger partial charge in [0.2, 0.25) is 0 Å². The topological polar surface area (TPSA) is 127 Å². The van der Waals surface area contributed by atoms with Crippen LogP contribution in [-0.4, -0.2) is 80.8 Å². The van der Waals surface area contributed by atoms with Crippen LogP contribution in [0, 0.1) is 0 Å². The maximum Gasteiger partial charge on any atom is 0.317 e. The Morgan fingerprint density at radius 3 is 2.68 bits per heavy atom. The number of carbonyl (C=O) groups excluding carboxylic acids is 2. The van der Waals surface area contributed by atoms with Crippen molar-refractivity contribution in [2.75, 3.05) is 19.6 Å². The Hall–Kier alpha value is -2.56. The van der Waals surface area contributed by atoms with Gasteiger partial charge in [-0.1, -0.05) is 23.4 Å². The third-order valence-electron chi connectivity index (χ3n) is 6.68. The molecule has 11 heteroatoms. The molecule has 0 spiro atoms. The summed E-state index contributed by atoms with van der Waals surface area (Å²) in [4.78, 5) is 46.5. The molecule has 1 aliphatic carbocycles. The third kappa shape index (κ3) is 4.94. The predicted molar refractivity (Wildman–Crippen MR) is 132 cm³/mol. The molecular weight excluding hydrogens is 478 g/mol. The quantitative estimate of drug-likeness (QED) is 0.479. The number of nitrogens with one attached hydrogen (secondary N) is 3. The molecule has 1 aromatic heterocycles. The number of carbonyl (C=O) groups is 3. The minimum Gasteiger partial charge on any atom is -0.480 e. The van der Waals surface area contributed by atoms with Gasteiger partial charge in [0, 0.05) is 46.3 Å². The fourth-order valence-electron chi connectivity index (χ4n) is 5.01. The molecule has 34 heavy (non-hydrogen) atoms. The first kappa shape index (κ1) is 23.2. The number of likely N-dealkylation sites (tertiary alicyclic amines) is 1. The maximum absolute atomic E-state index is 13.0. The van der Waals surface area contributed by atoms with E-state index >= 15 is 0 Å². The number of aromatic nitrogens is 1. The molecular formula is C23H26ClN5O4S. The lowest BCUT2D eigenvalue weighted by Gasteiger charge is -2.32. The number of rotatable bonds is 6. The number of piperidine rings is 1. The van der Waals surface area contributed by atoms with Gasteiger partial charge in [0.1, 0.15) is 5.69 Å². The van der Waals surface area contributed by atoms with Crippen molar-refractivity contribution in [2.45, 2.75) is 49.1 Å². The van der Waals surface area contributed by atoms with Crippen molar-refractivity contribution in [3.8, 4) is 0 Å². The van der Waals surface area contributed by atoms with Gasteiger partial charge in [0.05, 0.1) is 12.6 Å². The van der Waals surface area contributed by atoms with Crippen LogP contribution in [0.4, 0.5) is 0 Å². The van der Waals surface area contributed by atoms with Crippen LogP contribution in [0.25, 0.3) is 10.9 Å². The molecule has 2 amide bonds. The van der Waals surface area contributed by atoms with E-state index in [1.54, 1.807) is 18.2 Å². The number of H-pyrrole nitrogens is 1. The maximum atomic E-state index is 13.0. The van der Waals surface area contributed by atoms with Crippen LogP contribution >= 0.6 is 23.4 Å². The lowest BCUT2D eigenvalue weighted by Crippen LogP contribution is -2.49. The highest BCUT2D eigenvalue weighted by Gasteiger charge is 2.39. The highest BCUT2D eigenvalue weighted by molar-refractivity contribution is 8.16. The molecule has 180 valence electrons.